The molecule has 2 aliphatic carbocycles. The lowest BCUT2D eigenvalue weighted by atomic mass is 9.93. The molecule has 0 radical (unpaired) electrons. The first-order valence-electron chi connectivity index (χ1n) is 8.01. The average Bonchev–Trinajstić information content (AvgIpc) is 3.12. The highest BCUT2D eigenvalue weighted by Gasteiger charge is 2.45. The lowest BCUT2D eigenvalue weighted by Gasteiger charge is -2.26. The fraction of sp³-hybridized carbons (Fsp3) is 0.529. The molecule has 2 aliphatic rings. The number of rotatable bonds is 4. The zero-order chi connectivity index (χ0) is 16.0. The first-order valence-corrected chi connectivity index (χ1v) is 8.01. The van der Waals surface area contributed by atoms with Crippen LogP contribution in [0.1, 0.15) is 19.3 Å². The van der Waals surface area contributed by atoms with Crippen LogP contribution in [0.3, 0.4) is 0 Å². The Labute approximate surface area is 134 Å². The number of ether oxygens (including phenoxy) is 2. The van der Waals surface area contributed by atoms with Crippen molar-refractivity contribution in [2.75, 3.05) is 19.5 Å². The largest absolute Gasteiger partial charge is 0.493 e. The smallest absolute Gasteiger partial charge is 0.163 e. The molecule has 1 heterocycles. The van der Waals surface area contributed by atoms with Crippen molar-refractivity contribution in [3.63, 3.8) is 0 Å². The van der Waals surface area contributed by atoms with Crippen molar-refractivity contribution in [1.29, 1.82) is 0 Å². The van der Waals surface area contributed by atoms with Gasteiger partial charge in [-0.3, -0.25) is 4.98 Å². The number of benzene rings is 1. The highest BCUT2D eigenvalue weighted by atomic mass is 16.5. The summed E-state index contributed by atoms with van der Waals surface area (Å²) < 4.78 is 10.6. The first kappa shape index (κ1) is 14.5. The van der Waals surface area contributed by atoms with E-state index in [-0.39, 0.29) is 6.10 Å². The maximum atomic E-state index is 9.87. The maximum Gasteiger partial charge on any atom is 0.163 e. The van der Waals surface area contributed by atoms with Crippen molar-refractivity contribution in [3.8, 4) is 11.5 Å². The summed E-state index contributed by atoms with van der Waals surface area (Å²) in [6.07, 6.45) is 4.67. The monoisotopic (exact) mass is 315 g/mol. The van der Waals surface area contributed by atoms with Crippen molar-refractivity contribution < 1.29 is 14.6 Å². The van der Waals surface area contributed by atoms with E-state index in [0.29, 0.717) is 29.4 Å². The fourth-order valence-electron chi connectivity index (χ4n) is 4.02. The van der Waals surface area contributed by atoms with Crippen LogP contribution in [-0.2, 0) is 0 Å². The van der Waals surface area contributed by atoms with Gasteiger partial charge in [0.05, 0.1) is 37.6 Å². The second-order valence-corrected chi connectivity index (χ2v) is 6.50. The van der Waals surface area contributed by atoms with Crippen molar-refractivity contribution in [1.82, 2.24) is 9.97 Å². The van der Waals surface area contributed by atoms with Gasteiger partial charge in [0.1, 0.15) is 5.82 Å². The van der Waals surface area contributed by atoms with Gasteiger partial charge in [0, 0.05) is 18.2 Å². The number of hydrogen-bond acceptors (Lipinski definition) is 6. The van der Waals surface area contributed by atoms with E-state index in [0.717, 1.165) is 36.1 Å². The van der Waals surface area contributed by atoms with Crippen LogP contribution >= 0.6 is 0 Å². The molecule has 6 nitrogen and oxygen atoms in total. The number of nitrogens with one attached hydrogen (secondary N) is 1. The molecule has 0 amide bonds. The van der Waals surface area contributed by atoms with E-state index in [4.69, 9.17) is 9.47 Å². The predicted octanol–water partition coefficient (Wildman–Crippen LogP) is 2.22. The average molecular weight is 315 g/mol. The van der Waals surface area contributed by atoms with E-state index in [1.165, 1.54) is 0 Å². The van der Waals surface area contributed by atoms with E-state index >= 15 is 0 Å². The lowest BCUT2D eigenvalue weighted by molar-refractivity contribution is 0.110. The number of aromatic nitrogens is 2. The summed E-state index contributed by atoms with van der Waals surface area (Å²) in [5, 5.41) is 13.4. The summed E-state index contributed by atoms with van der Waals surface area (Å²) >= 11 is 0. The van der Waals surface area contributed by atoms with Gasteiger partial charge < -0.3 is 19.9 Å². The number of anilines is 1. The van der Waals surface area contributed by atoms with Gasteiger partial charge >= 0.3 is 0 Å². The van der Waals surface area contributed by atoms with Crippen LogP contribution in [0.15, 0.2) is 18.3 Å². The van der Waals surface area contributed by atoms with Gasteiger partial charge in [0.15, 0.2) is 11.5 Å². The van der Waals surface area contributed by atoms with Gasteiger partial charge in [0.25, 0.3) is 0 Å². The molecule has 2 saturated carbocycles. The molecule has 2 aromatic rings. The molecule has 1 aromatic heterocycles. The van der Waals surface area contributed by atoms with Crippen molar-refractivity contribution in [3.05, 3.63) is 18.3 Å². The molecular weight excluding hydrogens is 294 g/mol. The molecule has 4 atom stereocenters. The molecule has 0 saturated heterocycles. The minimum atomic E-state index is -0.113. The van der Waals surface area contributed by atoms with E-state index in [1.807, 2.05) is 12.1 Å². The minimum Gasteiger partial charge on any atom is -0.493 e. The fourth-order valence-corrected chi connectivity index (χ4v) is 4.02. The third-order valence-corrected chi connectivity index (χ3v) is 5.20. The third-order valence-electron chi connectivity index (χ3n) is 5.20. The predicted molar refractivity (Wildman–Crippen MR) is 86.9 cm³/mol. The zero-order valence-corrected chi connectivity index (χ0v) is 13.3. The van der Waals surface area contributed by atoms with Crippen molar-refractivity contribution in [2.24, 2.45) is 11.8 Å². The Morgan fingerprint density at radius 2 is 1.78 bits per heavy atom. The van der Waals surface area contributed by atoms with Gasteiger partial charge in [-0.15, -0.1) is 0 Å². The summed E-state index contributed by atoms with van der Waals surface area (Å²) in [7, 11) is 3.22. The Kier molecular flexibility index (Phi) is 3.49. The zero-order valence-electron chi connectivity index (χ0n) is 13.3. The van der Waals surface area contributed by atoms with Crippen LogP contribution < -0.4 is 14.8 Å². The standard InChI is InChI=1S/C17H21N3O3/c1-22-15-6-12-13(7-16(15)23-2)20-17(8-18-12)19-11-4-10-3-9(11)5-14(10)21/h6-11,14,21H,3-5H2,1-2H3,(H,19,20)/t9?,10-,11-,14-/m1/s1. The summed E-state index contributed by atoms with van der Waals surface area (Å²) in [5.74, 6) is 3.05. The summed E-state index contributed by atoms with van der Waals surface area (Å²) in [6.45, 7) is 0. The van der Waals surface area contributed by atoms with Gasteiger partial charge in [-0.25, -0.2) is 4.98 Å². The van der Waals surface area contributed by atoms with Gasteiger partial charge in [-0.05, 0) is 31.1 Å². The van der Waals surface area contributed by atoms with E-state index < -0.39 is 0 Å². The van der Waals surface area contributed by atoms with Crippen LogP contribution in [0.2, 0.25) is 0 Å². The van der Waals surface area contributed by atoms with E-state index in [9.17, 15) is 5.11 Å². The van der Waals surface area contributed by atoms with Crippen LogP contribution in [0, 0.1) is 11.8 Å². The third kappa shape index (κ3) is 2.47. The summed E-state index contributed by atoms with van der Waals surface area (Å²) in [5.41, 5.74) is 1.55. The number of aliphatic hydroxyl groups excluding tert-OH is 1. The molecule has 4 rings (SSSR count). The molecule has 0 spiro atoms. The molecule has 2 fully saturated rings. The van der Waals surface area contributed by atoms with Gasteiger partial charge in [-0.2, -0.15) is 0 Å². The topological polar surface area (TPSA) is 76.5 Å². The SMILES string of the molecule is COc1cc2ncc(N[C@@H]3C[C@H]4CC3C[C@H]4O)nc2cc1OC. The number of methoxy groups -OCH3 is 2. The molecule has 122 valence electrons. The quantitative estimate of drug-likeness (QED) is 0.901. The van der Waals surface area contributed by atoms with Crippen molar-refractivity contribution >= 4 is 16.9 Å². The Morgan fingerprint density at radius 3 is 2.39 bits per heavy atom. The van der Waals surface area contributed by atoms with E-state index in [2.05, 4.69) is 15.3 Å². The molecular formula is C17H21N3O3. The molecule has 0 aliphatic heterocycles. The van der Waals surface area contributed by atoms with Crippen molar-refractivity contribution in [2.45, 2.75) is 31.4 Å². The molecule has 2 bridgehead atoms. The number of fused-ring (bicyclic) bond motifs is 3. The maximum absolute atomic E-state index is 9.87. The van der Waals surface area contributed by atoms with Crippen LogP contribution in [0.25, 0.3) is 11.0 Å². The molecule has 1 aromatic carbocycles. The van der Waals surface area contributed by atoms with Crippen LogP contribution in [0.5, 0.6) is 11.5 Å². The lowest BCUT2D eigenvalue weighted by Crippen LogP contribution is -2.31. The van der Waals surface area contributed by atoms with Crippen LogP contribution in [0.4, 0.5) is 5.82 Å². The normalized spacial score (nSPS) is 29.0. The highest BCUT2D eigenvalue weighted by Crippen LogP contribution is 2.45. The number of aliphatic hydroxyl groups is 1. The number of nitrogens with zero attached hydrogens (tertiary/aromatic N) is 2. The van der Waals surface area contributed by atoms with Gasteiger partial charge in [-0.1, -0.05) is 0 Å². The second-order valence-electron chi connectivity index (χ2n) is 6.50. The first-order chi connectivity index (χ1) is 11.2. The van der Waals surface area contributed by atoms with Crippen LogP contribution in [-0.4, -0.2) is 41.4 Å². The molecule has 23 heavy (non-hydrogen) atoms. The Hall–Kier alpha value is -2.08. The Balaban J connectivity index is 1.59. The van der Waals surface area contributed by atoms with E-state index in [1.54, 1.807) is 20.4 Å². The van der Waals surface area contributed by atoms with Gasteiger partial charge in [0.2, 0.25) is 0 Å². The second kappa shape index (κ2) is 5.53. The number of hydrogen-bond donors (Lipinski definition) is 2. The minimum absolute atomic E-state index is 0.113. The summed E-state index contributed by atoms with van der Waals surface area (Å²) in [4.78, 5) is 9.13. The summed E-state index contributed by atoms with van der Waals surface area (Å²) in [6, 6.07) is 4.06. The molecule has 1 unspecified atom stereocenters. The molecule has 6 heteroatoms. The Morgan fingerprint density at radius 1 is 1.04 bits per heavy atom. The Bertz CT molecular complexity index is 734. The molecule has 2 N–H and O–H groups in total. The highest BCUT2D eigenvalue weighted by molar-refractivity contribution is 5.80.